The number of nitrogen functional groups attached to an aromatic ring is 1. The molecule has 1 heterocycles. The third-order valence-electron chi connectivity index (χ3n) is 3.85. The Kier molecular flexibility index (Phi) is 6.51. The summed E-state index contributed by atoms with van der Waals surface area (Å²) in [5.74, 6) is 1.50. The van der Waals surface area contributed by atoms with Crippen molar-refractivity contribution in [2.45, 2.75) is 32.5 Å². The molecule has 0 aliphatic carbocycles. The van der Waals surface area contributed by atoms with E-state index in [0.717, 1.165) is 0 Å². The predicted octanol–water partition coefficient (Wildman–Crippen LogP) is 4.52. The molecule has 0 fully saturated rings. The van der Waals surface area contributed by atoms with Crippen LogP contribution in [0.2, 0.25) is 5.15 Å². The molecule has 158 valence electrons. The fourth-order valence-electron chi connectivity index (χ4n) is 2.23. The Bertz CT molecular complexity index is 992. The van der Waals surface area contributed by atoms with Gasteiger partial charge in [-0.25, -0.2) is 22.8 Å². The third kappa shape index (κ3) is 4.84. The van der Waals surface area contributed by atoms with Crippen molar-refractivity contribution in [3.8, 4) is 11.1 Å². The van der Waals surface area contributed by atoms with Crippen molar-refractivity contribution in [1.82, 2.24) is 9.66 Å². The van der Waals surface area contributed by atoms with Crippen molar-refractivity contribution in [2.24, 2.45) is 4.99 Å². The fourth-order valence-corrected chi connectivity index (χ4v) is 2.49. The van der Waals surface area contributed by atoms with E-state index < -0.39 is 51.4 Å². The maximum absolute atomic E-state index is 14.3. The number of nitrogens with one attached hydrogen (secondary N) is 1. The Hall–Kier alpha value is -2.69. The second-order valence-corrected chi connectivity index (χ2v) is 6.33. The monoisotopic (exact) mass is 439 g/mol. The Labute approximate surface area is 166 Å². The highest BCUT2D eigenvalue weighted by Gasteiger charge is 2.36. The van der Waals surface area contributed by atoms with Gasteiger partial charge in [-0.2, -0.15) is 13.2 Å². The molecule has 0 saturated carbocycles. The lowest BCUT2D eigenvalue weighted by molar-refractivity contribution is -0.143. The first-order valence-electron chi connectivity index (χ1n) is 8.14. The van der Waals surface area contributed by atoms with Crippen molar-refractivity contribution in [1.29, 1.82) is 0 Å². The normalized spacial score (nSPS) is 13.5. The molecule has 0 radical (unpaired) electrons. The minimum atomic E-state index is -4.78. The number of benzene rings is 1. The molecule has 1 aromatic carbocycles. The Morgan fingerprint density at radius 1 is 1.28 bits per heavy atom. The highest BCUT2D eigenvalue weighted by Crippen LogP contribution is 2.30. The average Bonchev–Trinajstić information content (AvgIpc) is 2.59. The van der Waals surface area contributed by atoms with Crippen LogP contribution in [0.4, 0.5) is 32.3 Å². The fraction of sp³-hybridized carbons (Fsp3) is 0.294. The van der Waals surface area contributed by atoms with E-state index in [4.69, 9.17) is 17.4 Å². The second-order valence-electron chi connectivity index (χ2n) is 5.97. The van der Waals surface area contributed by atoms with E-state index >= 15 is 0 Å². The lowest BCUT2D eigenvalue weighted by Crippen LogP contribution is -2.37. The van der Waals surface area contributed by atoms with Crippen LogP contribution in [0.1, 0.15) is 20.3 Å². The zero-order chi connectivity index (χ0) is 22.1. The summed E-state index contributed by atoms with van der Waals surface area (Å²) in [5, 5.41) is 2.03. The lowest BCUT2D eigenvalue weighted by atomic mass is 10.1. The smallest absolute Gasteiger partial charge is 0.335 e. The highest BCUT2D eigenvalue weighted by atomic mass is 35.5. The molecule has 2 aromatic rings. The molecule has 0 bridgehead atoms. The zero-order valence-electron chi connectivity index (χ0n) is 15.2. The Morgan fingerprint density at radius 3 is 2.31 bits per heavy atom. The number of anilines is 1. The zero-order valence-corrected chi connectivity index (χ0v) is 16.0. The first kappa shape index (κ1) is 22.6. The van der Waals surface area contributed by atoms with Crippen LogP contribution in [0.25, 0.3) is 11.1 Å². The van der Waals surface area contributed by atoms with E-state index in [-0.39, 0.29) is 5.95 Å². The van der Waals surface area contributed by atoms with Crippen LogP contribution in [0.5, 0.6) is 0 Å². The minimum absolute atomic E-state index is 0.262. The number of alkyl halides is 3. The molecule has 0 aliphatic heterocycles. The molecule has 1 atom stereocenters. The molecule has 12 heteroatoms. The van der Waals surface area contributed by atoms with Gasteiger partial charge < -0.3 is 11.2 Å². The largest absolute Gasteiger partial charge is 0.410 e. The number of allylic oxidation sites excluding steroid dienone is 1. The van der Waals surface area contributed by atoms with Gasteiger partial charge in [-0.05, 0) is 13.3 Å². The highest BCUT2D eigenvalue weighted by molar-refractivity contribution is 6.32. The van der Waals surface area contributed by atoms with Crippen molar-refractivity contribution in [3.63, 3.8) is 0 Å². The maximum atomic E-state index is 14.3. The van der Waals surface area contributed by atoms with Crippen LogP contribution in [-0.4, -0.2) is 21.9 Å². The van der Waals surface area contributed by atoms with E-state index in [9.17, 15) is 26.3 Å². The summed E-state index contributed by atoms with van der Waals surface area (Å²) in [6, 6.07) is -1.61. The molecule has 1 aromatic heterocycles. The van der Waals surface area contributed by atoms with Crippen LogP contribution in [-0.2, 0) is 0 Å². The lowest BCUT2D eigenvalue weighted by Gasteiger charge is -2.18. The summed E-state index contributed by atoms with van der Waals surface area (Å²) in [4.78, 5) is 7.29. The molecule has 29 heavy (non-hydrogen) atoms. The van der Waals surface area contributed by atoms with E-state index in [2.05, 4.69) is 21.9 Å². The van der Waals surface area contributed by atoms with Gasteiger partial charge in [0.1, 0.15) is 28.6 Å². The summed E-state index contributed by atoms with van der Waals surface area (Å²) in [6.45, 7) is 6.10. The molecule has 2 rings (SSSR count). The minimum Gasteiger partial charge on any atom is -0.335 e. The van der Waals surface area contributed by atoms with Crippen LogP contribution in [0.3, 0.4) is 0 Å². The SMILES string of the molecule is C=C(CC)Nc1nc(Cl)c(-c2c(F)cc(F)cc2F)c(=N[C@@H](C)C(F)(F)F)n1N. The first-order valence-corrected chi connectivity index (χ1v) is 8.52. The molecule has 0 amide bonds. The average molecular weight is 440 g/mol. The molecule has 0 saturated heterocycles. The summed E-state index contributed by atoms with van der Waals surface area (Å²) in [5.41, 5.74) is -1.91. The molecule has 0 unspecified atom stereocenters. The molecule has 0 spiro atoms. The Morgan fingerprint density at radius 2 is 1.83 bits per heavy atom. The van der Waals surface area contributed by atoms with Gasteiger partial charge >= 0.3 is 6.18 Å². The number of nitrogens with two attached hydrogens (primary N) is 1. The summed E-state index contributed by atoms with van der Waals surface area (Å²) >= 11 is 6.03. The van der Waals surface area contributed by atoms with Gasteiger partial charge in [0, 0.05) is 17.8 Å². The van der Waals surface area contributed by atoms with Gasteiger partial charge in [-0.1, -0.05) is 25.1 Å². The van der Waals surface area contributed by atoms with Crippen LogP contribution in [0.15, 0.2) is 29.4 Å². The molecular formula is C17H16ClF6N5. The van der Waals surface area contributed by atoms with E-state index in [1.165, 1.54) is 0 Å². The van der Waals surface area contributed by atoms with Crippen molar-refractivity contribution in [3.05, 3.63) is 52.5 Å². The number of halogens is 7. The topological polar surface area (TPSA) is 68.2 Å². The van der Waals surface area contributed by atoms with E-state index in [1.54, 1.807) is 6.92 Å². The third-order valence-corrected chi connectivity index (χ3v) is 4.13. The molecule has 0 aliphatic rings. The molecule has 5 nitrogen and oxygen atoms in total. The van der Waals surface area contributed by atoms with Gasteiger partial charge in [-0.3, -0.25) is 4.99 Å². The summed E-state index contributed by atoms with van der Waals surface area (Å²) in [7, 11) is 0. The van der Waals surface area contributed by atoms with E-state index in [0.29, 0.717) is 35.9 Å². The summed E-state index contributed by atoms with van der Waals surface area (Å²) < 4.78 is 81.6. The standard InChI is InChI=1S/C17H16ClF6N5/c1-4-7(2)26-16-28-14(18)13(12-10(20)5-9(19)6-11(12)21)15(29(16)25)27-8(3)17(22,23)24/h5-6,8H,2,4,25H2,1,3H3,(H,26,28)/t8-/m0/s1. The van der Waals surface area contributed by atoms with Crippen LogP contribution in [0, 0.1) is 17.5 Å². The van der Waals surface area contributed by atoms with Gasteiger partial charge in [0.2, 0.25) is 5.95 Å². The molecule has 3 N–H and O–H groups in total. The number of hydrogen-bond acceptors (Lipinski definition) is 4. The van der Waals surface area contributed by atoms with E-state index in [1.807, 2.05) is 0 Å². The van der Waals surface area contributed by atoms with Gasteiger partial charge in [0.15, 0.2) is 5.49 Å². The van der Waals surface area contributed by atoms with Crippen LogP contribution >= 0.6 is 11.6 Å². The number of aromatic nitrogens is 2. The Balaban J connectivity index is 2.93. The van der Waals surface area contributed by atoms with Gasteiger partial charge in [0.25, 0.3) is 0 Å². The maximum Gasteiger partial charge on any atom is 0.410 e. The van der Waals surface area contributed by atoms with Crippen molar-refractivity contribution < 1.29 is 26.3 Å². The predicted molar refractivity (Wildman–Crippen MR) is 96.8 cm³/mol. The number of rotatable bonds is 5. The molecular weight excluding hydrogens is 424 g/mol. The van der Waals surface area contributed by atoms with Gasteiger partial charge in [0.05, 0.1) is 11.1 Å². The number of hydrogen-bond donors (Lipinski definition) is 2. The van der Waals surface area contributed by atoms with Gasteiger partial charge in [-0.15, -0.1) is 0 Å². The number of nitrogens with zero attached hydrogens (tertiary/aromatic N) is 3. The van der Waals surface area contributed by atoms with Crippen molar-refractivity contribution in [2.75, 3.05) is 11.2 Å². The quantitative estimate of drug-likeness (QED) is 0.409. The first-order chi connectivity index (χ1) is 13.4. The van der Waals surface area contributed by atoms with Crippen molar-refractivity contribution >= 4 is 17.5 Å². The summed E-state index contributed by atoms with van der Waals surface area (Å²) in [6.07, 6.45) is -4.37. The van der Waals surface area contributed by atoms with Crippen LogP contribution < -0.4 is 16.6 Å². The second kappa shape index (κ2) is 8.36.